The molecule has 6 heteroatoms. The van der Waals surface area contributed by atoms with Gasteiger partial charge in [0, 0.05) is 36.3 Å². The van der Waals surface area contributed by atoms with E-state index < -0.39 is 17.4 Å². The number of nitrogens with zero attached hydrogens (tertiary/aromatic N) is 1. The minimum absolute atomic E-state index is 0.0470. The first-order chi connectivity index (χ1) is 9.36. The molecule has 0 N–H and O–H groups in total. The Balaban J connectivity index is 2.68. The summed E-state index contributed by atoms with van der Waals surface area (Å²) in [6, 6.07) is 4.90. The lowest BCUT2D eigenvalue weighted by atomic mass is 10.1. The summed E-state index contributed by atoms with van der Waals surface area (Å²) in [6.45, 7) is 5.31. The average Bonchev–Trinajstić information content (AvgIpc) is 2.37. The van der Waals surface area contributed by atoms with E-state index >= 15 is 0 Å². The second-order valence-corrected chi connectivity index (χ2v) is 4.33. The summed E-state index contributed by atoms with van der Waals surface area (Å²) in [5, 5.41) is -0.104. The van der Waals surface area contributed by atoms with E-state index in [2.05, 4.69) is 0 Å². The molecule has 0 aliphatic heterocycles. The summed E-state index contributed by atoms with van der Waals surface area (Å²) >= 11 is 0. The van der Waals surface area contributed by atoms with E-state index in [1.54, 1.807) is 6.07 Å². The fourth-order valence-electron chi connectivity index (χ4n) is 2.17. The Morgan fingerprint density at radius 3 is 2.35 bits per heavy atom. The molecule has 0 bridgehead atoms. The fraction of sp³-hybridized carbons (Fsp3) is 0.357. The van der Waals surface area contributed by atoms with Crippen LogP contribution in [0.1, 0.15) is 19.4 Å². The number of halogens is 3. The lowest BCUT2D eigenvalue weighted by molar-refractivity contribution is -0.136. The quantitative estimate of drug-likeness (QED) is 0.807. The third-order valence-corrected chi connectivity index (χ3v) is 3.16. The Bertz CT molecular complexity index is 672. The average molecular weight is 285 g/mol. The van der Waals surface area contributed by atoms with E-state index in [-0.39, 0.29) is 11.0 Å². The lowest BCUT2D eigenvalue weighted by Gasteiger charge is -2.21. The highest BCUT2D eigenvalue weighted by Crippen LogP contribution is 2.34. The molecule has 0 saturated heterocycles. The molecule has 0 amide bonds. The first-order valence-corrected chi connectivity index (χ1v) is 6.26. The van der Waals surface area contributed by atoms with Gasteiger partial charge in [-0.1, -0.05) is 0 Å². The van der Waals surface area contributed by atoms with Gasteiger partial charge < -0.3 is 9.32 Å². The van der Waals surface area contributed by atoms with E-state index in [4.69, 9.17) is 4.42 Å². The van der Waals surface area contributed by atoms with Gasteiger partial charge in [0.05, 0.1) is 5.56 Å². The summed E-state index contributed by atoms with van der Waals surface area (Å²) in [5.74, 6) is 0. The summed E-state index contributed by atoms with van der Waals surface area (Å²) in [7, 11) is 0. The van der Waals surface area contributed by atoms with Crippen molar-refractivity contribution in [2.24, 2.45) is 0 Å². The van der Waals surface area contributed by atoms with Gasteiger partial charge >= 0.3 is 11.8 Å². The summed E-state index contributed by atoms with van der Waals surface area (Å²) in [5.41, 5.74) is -1.28. The van der Waals surface area contributed by atoms with E-state index in [9.17, 15) is 18.0 Å². The second kappa shape index (κ2) is 5.19. The molecule has 108 valence electrons. The van der Waals surface area contributed by atoms with Crippen LogP contribution in [0.3, 0.4) is 0 Å². The number of rotatable bonds is 3. The van der Waals surface area contributed by atoms with Crippen molar-refractivity contribution in [1.82, 2.24) is 0 Å². The molecule has 0 spiro atoms. The van der Waals surface area contributed by atoms with Crippen molar-refractivity contribution in [2.45, 2.75) is 20.0 Å². The van der Waals surface area contributed by atoms with E-state index in [1.165, 1.54) is 12.1 Å². The van der Waals surface area contributed by atoms with Gasteiger partial charge in [-0.15, -0.1) is 0 Å². The molecular formula is C14H14F3NO2. The number of anilines is 1. The third kappa shape index (κ3) is 2.64. The number of alkyl halides is 3. The maximum atomic E-state index is 12.9. The standard InChI is InChI=1S/C14H14F3NO2/c1-3-18(4-2)9-5-6-10-11(14(15,16)17)8-13(19)20-12(10)7-9/h5-8H,3-4H2,1-2H3. The zero-order chi connectivity index (χ0) is 14.9. The van der Waals surface area contributed by atoms with Gasteiger partial charge in [0.1, 0.15) is 5.58 Å². The molecule has 0 aliphatic carbocycles. The molecule has 0 atom stereocenters. The Morgan fingerprint density at radius 1 is 1.15 bits per heavy atom. The highest BCUT2D eigenvalue weighted by atomic mass is 19.4. The summed E-state index contributed by atoms with van der Waals surface area (Å²) < 4.78 is 43.6. The minimum atomic E-state index is -4.58. The van der Waals surface area contributed by atoms with Crippen LogP contribution < -0.4 is 10.5 Å². The van der Waals surface area contributed by atoms with Gasteiger partial charge in [0.15, 0.2) is 0 Å². The topological polar surface area (TPSA) is 33.5 Å². The van der Waals surface area contributed by atoms with Crippen LogP contribution in [0.15, 0.2) is 33.5 Å². The van der Waals surface area contributed by atoms with E-state index in [0.717, 1.165) is 5.69 Å². The molecule has 0 fully saturated rings. The van der Waals surface area contributed by atoms with Crippen LogP contribution in [0.4, 0.5) is 18.9 Å². The van der Waals surface area contributed by atoms with E-state index in [1.807, 2.05) is 18.7 Å². The largest absolute Gasteiger partial charge is 0.423 e. The van der Waals surface area contributed by atoms with E-state index in [0.29, 0.717) is 19.2 Å². The van der Waals surface area contributed by atoms with Crippen LogP contribution in [0, 0.1) is 0 Å². The van der Waals surface area contributed by atoms with Crippen LogP contribution in [0.2, 0.25) is 0 Å². The first-order valence-electron chi connectivity index (χ1n) is 6.26. The maximum absolute atomic E-state index is 12.9. The van der Waals surface area contributed by atoms with Gasteiger partial charge in [0.25, 0.3) is 0 Å². The van der Waals surface area contributed by atoms with Crippen LogP contribution in [0.5, 0.6) is 0 Å². The van der Waals surface area contributed by atoms with Crippen molar-refractivity contribution in [3.8, 4) is 0 Å². The van der Waals surface area contributed by atoms with Gasteiger partial charge in [-0.2, -0.15) is 13.2 Å². The zero-order valence-corrected chi connectivity index (χ0v) is 11.1. The molecule has 0 saturated carbocycles. The Morgan fingerprint density at radius 2 is 1.80 bits per heavy atom. The van der Waals surface area contributed by atoms with Crippen LogP contribution in [-0.4, -0.2) is 13.1 Å². The third-order valence-electron chi connectivity index (χ3n) is 3.16. The maximum Gasteiger partial charge on any atom is 0.417 e. The van der Waals surface area contributed by atoms with Crippen molar-refractivity contribution in [3.63, 3.8) is 0 Å². The molecule has 0 aliphatic rings. The van der Waals surface area contributed by atoms with Crippen molar-refractivity contribution in [3.05, 3.63) is 40.2 Å². The number of hydrogen-bond donors (Lipinski definition) is 0. The highest BCUT2D eigenvalue weighted by Gasteiger charge is 2.33. The molecule has 3 nitrogen and oxygen atoms in total. The molecule has 2 rings (SSSR count). The predicted molar refractivity (Wildman–Crippen MR) is 71.0 cm³/mol. The normalized spacial score (nSPS) is 11.8. The van der Waals surface area contributed by atoms with Gasteiger partial charge in [0.2, 0.25) is 0 Å². The lowest BCUT2D eigenvalue weighted by Crippen LogP contribution is -2.21. The molecule has 1 aromatic carbocycles. The van der Waals surface area contributed by atoms with Gasteiger partial charge in [-0.25, -0.2) is 4.79 Å². The molecule has 20 heavy (non-hydrogen) atoms. The van der Waals surface area contributed by atoms with Crippen molar-refractivity contribution in [2.75, 3.05) is 18.0 Å². The molecular weight excluding hydrogens is 271 g/mol. The molecule has 0 radical (unpaired) electrons. The minimum Gasteiger partial charge on any atom is -0.423 e. The fourth-order valence-corrected chi connectivity index (χ4v) is 2.17. The van der Waals surface area contributed by atoms with Crippen LogP contribution in [-0.2, 0) is 6.18 Å². The SMILES string of the molecule is CCN(CC)c1ccc2c(C(F)(F)F)cc(=O)oc2c1. The molecule has 0 unspecified atom stereocenters. The second-order valence-electron chi connectivity index (χ2n) is 4.33. The Labute approximate surface area is 113 Å². The number of hydrogen-bond acceptors (Lipinski definition) is 3. The van der Waals surface area contributed by atoms with Crippen molar-refractivity contribution in [1.29, 1.82) is 0 Å². The monoisotopic (exact) mass is 285 g/mol. The van der Waals surface area contributed by atoms with Crippen molar-refractivity contribution >= 4 is 16.7 Å². The smallest absolute Gasteiger partial charge is 0.417 e. The molecule has 1 aromatic heterocycles. The molecule has 1 heterocycles. The zero-order valence-electron chi connectivity index (χ0n) is 11.1. The van der Waals surface area contributed by atoms with Crippen LogP contribution in [0.25, 0.3) is 11.0 Å². The summed E-state index contributed by atoms with van der Waals surface area (Å²) in [4.78, 5) is 13.2. The van der Waals surface area contributed by atoms with Crippen molar-refractivity contribution < 1.29 is 17.6 Å². The van der Waals surface area contributed by atoms with Gasteiger partial charge in [-0.05, 0) is 26.0 Å². The molecule has 2 aromatic rings. The van der Waals surface area contributed by atoms with Gasteiger partial charge in [-0.3, -0.25) is 0 Å². The number of benzene rings is 1. The predicted octanol–water partition coefficient (Wildman–Crippen LogP) is 3.66. The van der Waals surface area contributed by atoms with Crippen LogP contribution >= 0.6 is 0 Å². The first kappa shape index (κ1) is 14.4. The summed E-state index contributed by atoms with van der Waals surface area (Å²) in [6.07, 6.45) is -4.58. The highest BCUT2D eigenvalue weighted by molar-refractivity contribution is 5.84. The Hall–Kier alpha value is -1.98. The number of fused-ring (bicyclic) bond motifs is 1. The Kier molecular flexibility index (Phi) is 3.74.